The van der Waals surface area contributed by atoms with Crippen LogP contribution < -0.4 is 0 Å². The molecule has 12 heavy (non-hydrogen) atoms. The molecule has 0 aromatic heterocycles. The number of hydrogen-bond acceptors (Lipinski definition) is 4. The maximum absolute atomic E-state index is 10.9. The van der Waals surface area contributed by atoms with Crippen molar-refractivity contribution in [1.82, 2.24) is 0 Å². The summed E-state index contributed by atoms with van der Waals surface area (Å²) < 4.78 is 9.54. The highest BCUT2D eigenvalue weighted by Crippen LogP contribution is 2.19. The van der Waals surface area contributed by atoms with Crippen molar-refractivity contribution in [3.8, 4) is 0 Å². The summed E-state index contributed by atoms with van der Waals surface area (Å²) in [4.78, 5) is 10.9. The lowest BCUT2D eigenvalue weighted by Gasteiger charge is -2.26. The summed E-state index contributed by atoms with van der Waals surface area (Å²) in [6.07, 6.45) is 0.509. The second-order valence-electron chi connectivity index (χ2n) is 2.97. The molecule has 4 heteroatoms. The number of aliphatic hydroxyl groups excluding tert-OH is 1. The molecule has 2 atom stereocenters. The third-order valence-electron chi connectivity index (χ3n) is 2.12. The molecule has 0 aromatic rings. The van der Waals surface area contributed by atoms with Crippen molar-refractivity contribution in [2.24, 2.45) is 5.92 Å². The minimum Gasteiger partial charge on any atom is -0.469 e. The Morgan fingerprint density at radius 3 is 3.08 bits per heavy atom. The Morgan fingerprint density at radius 1 is 1.75 bits per heavy atom. The summed E-state index contributed by atoms with van der Waals surface area (Å²) >= 11 is 0. The highest BCUT2D eigenvalue weighted by atomic mass is 16.5. The summed E-state index contributed by atoms with van der Waals surface area (Å²) in [5.74, 6) is -0.257. The second-order valence-corrected chi connectivity index (χ2v) is 2.97. The first kappa shape index (κ1) is 9.48. The summed E-state index contributed by atoms with van der Waals surface area (Å²) in [7, 11) is 1.36. The lowest BCUT2D eigenvalue weighted by Crippen LogP contribution is -2.33. The van der Waals surface area contributed by atoms with Gasteiger partial charge in [-0.25, -0.2) is 0 Å². The topological polar surface area (TPSA) is 55.8 Å². The smallest absolute Gasteiger partial charge is 0.305 e. The van der Waals surface area contributed by atoms with Crippen molar-refractivity contribution in [2.45, 2.75) is 18.9 Å². The largest absolute Gasteiger partial charge is 0.469 e. The van der Waals surface area contributed by atoms with E-state index in [1.807, 2.05) is 0 Å². The highest BCUT2D eigenvalue weighted by molar-refractivity contribution is 5.69. The molecular formula is C8H14O4. The normalized spacial score (nSPS) is 29.8. The molecule has 1 N–H and O–H groups in total. The van der Waals surface area contributed by atoms with Crippen LogP contribution in [0.4, 0.5) is 0 Å². The number of rotatable bonds is 2. The fraction of sp³-hybridized carbons (Fsp3) is 0.875. The van der Waals surface area contributed by atoms with Gasteiger partial charge in [0.25, 0.3) is 0 Å². The van der Waals surface area contributed by atoms with Crippen LogP contribution in [0.1, 0.15) is 12.8 Å². The zero-order chi connectivity index (χ0) is 8.97. The van der Waals surface area contributed by atoms with Gasteiger partial charge >= 0.3 is 5.97 Å². The number of hydrogen-bond donors (Lipinski definition) is 1. The Kier molecular flexibility index (Phi) is 3.49. The fourth-order valence-electron chi connectivity index (χ4n) is 1.30. The molecule has 0 saturated carbocycles. The van der Waals surface area contributed by atoms with Gasteiger partial charge in [0.05, 0.1) is 26.2 Å². The van der Waals surface area contributed by atoms with Crippen LogP contribution in [0.5, 0.6) is 0 Å². The zero-order valence-corrected chi connectivity index (χ0v) is 7.16. The summed E-state index contributed by atoms with van der Waals surface area (Å²) in [6.45, 7) is 0.959. The third-order valence-corrected chi connectivity index (χ3v) is 2.12. The Hall–Kier alpha value is -0.610. The van der Waals surface area contributed by atoms with Gasteiger partial charge in [0, 0.05) is 6.61 Å². The van der Waals surface area contributed by atoms with Crippen LogP contribution in [0.3, 0.4) is 0 Å². The molecule has 1 aliphatic rings. The lowest BCUT2D eigenvalue weighted by atomic mass is 9.94. The number of aliphatic hydroxyl groups is 1. The van der Waals surface area contributed by atoms with Crippen molar-refractivity contribution in [2.75, 3.05) is 20.3 Å². The number of esters is 1. The first-order valence-corrected chi connectivity index (χ1v) is 4.06. The molecule has 2 unspecified atom stereocenters. The SMILES string of the molecule is COC(=O)CC1CCOCC1O. The van der Waals surface area contributed by atoms with Crippen LogP contribution in [-0.2, 0) is 14.3 Å². The van der Waals surface area contributed by atoms with Crippen molar-refractivity contribution >= 4 is 5.97 Å². The summed E-state index contributed by atoms with van der Waals surface area (Å²) in [6, 6.07) is 0. The number of carbonyl (C=O) groups is 1. The molecule has 4 nitrogen and oxygen atoms in total. The predicted octanol–water partition coefficient (Wildman–Crippen LogP) is -0.0531. The second kappa shape index (κ2) is 4.42. The van der Waals surface area contributed by atoms with Gasteiger partial charge < -0.3 is 14.6 Å². The average molecular weight is 174 g/mol. The van der Waals surface area contributed by atoms with Crippen LogP contribution in [0.2, 0.25) is 0 Å². The van der Waals surface area contributed by atoms with E-state index in [1.54, 1.807) is 0 Å². The standard InChI is InChI=1S/C8H14O4/c1-11-8(10)4-6-2-3-12-5-7(6)9/h6-7,9H,2-5H2,1H3. The molecule has 0 spiro atoms. The van der Waals surface area contributed by atoms with Gasteiger partial charge in [-0.2, -0.15) is 0 Å². The van der Waals surface area contributed by atoms with Gasteiger partial charge in [0.1, 0.15) is 0 Å². The average Bonchev–Trinajstić information content (AvgIpc) is 2.09. The quantitative estimate of drug-likeness (QED) is 0.596. The summed E-state index contributed by atoms with van der Waals surface area (Å²) in [5.41, 5.74) is 0. The third kappa shape index (κ3) is 2.46. The van der Waals surface area contributed by atoms with E-state index in [1.165, 1.54) is 7.11 Å². The van der Waals surface area contributed by atoms with Gasteiger partial charge in [-0.3, -0.25) is 4.79 Å². The van der Waals surface area contributed by atoms with Gasteiger partial charge in [0.15, 0.2) is 0 Å². The van der Waals surface area contributed by atoms with Crippen molar-refractivity contribution in [1.29, 1.82) is 0 Å². The van der Waals surface area contributed by atoms with E-state index in [2.05, 4.69) is 4.74 Å². The van der Waals surface area contributed by atoms with Gasteiger partial charge in [-0.15, -0.1) is 0 Å². The van der Waals surface area contributed by atoms with E-state index < -0.39 is 6.10 Å². The molecule has 1 aliphatic heterocycles. The van der Waals surface area contributed by atoms with Crippen LogP contribution in [0, 0.1) is 5.92 Å². The zero-order valence-electron chi connectivity index (χ0n) is 7.16. The van der Waals surface area contributed by atoms with E-state index in [0.717, 1.165) is 6.42 Å². The first-order chi connectivity index (χ1) is 5.74. The number of methoxy groups -OCH3 is 1. The molecule has 1 saturated heterocycles. The maximum atomic E-state index is 10.9. The molecule has 0 aliphatic carbocycles. The minimum absolute atomic E-state index is 0.00574. The van der Waals surface area contributed by atoms with E-state index in [-0.39, 0.29) is 11.9 Å². The Morgan fingerprint density at radius 2 is 2.50 bits per heavy atom. The van der Waals surface area contributed by atoms with E-state index in [9.17, 15) is 9.90 Å². The maximum Gasteiger partial charge on any atom is 0.305 e. The van der Waals surface area contributed by atoms with E-state index in [4.69, 9.17) is 4.74 Å². The van der Waals surface area contributed by atoms with Crippen LogP contribution >= 0.6 is 0 Å². The Bertz CT molecular complexity index is 157. The summed E-state index contributed by atoms with van der Waals surface area (Å²) in [5, 5.41) is 9.38. The Balaban J connectivity index is 2.33. The van der Waals surface area contributed by atoms with Crippen molar-refractivity contribution < 1.29 is 19.4 Å². The van der Waals surface area contributed by atoms with Crippen LogP contribution in [-0.4, -0.2) is 37.5 Å². The van der Waals surface area contributed by atoms with Crippen LogP contribution in [0.25, 0.3) is 0 Å². The van der Waals surface area contributed by atoms with Gasteiger partial charge in [-0.05, 0) is 12.3 Å². The first-order valence-electron chi connectivity index (χ1n) is 4.06. The van der Waals surface area contributed by atoms with Crippen LogP contribution in [0.15, 0.2) is 0 Å². The highest BCUT2D eigenvalue weighted by Gasteiger charge is 2.25. The molecule has 0 aromatic carbocycles. The van der Waals surface area contributed by atoms with Gasteiger partial charge in [0.2, 0.25) is 0 Å². The molecule has 1 heterocycles. The molecule has 0 radical (unpaired) electrons. The predicted molar refractivity (Wildman–Crippen MR) is 41.6 cm³/mol. The molecule has 0 amide bonds. The van der Waals surface area contributed by atoms with E-state index >= 15 is 0 Å². The van der Waals surface area contributed by atoms with E-state index in [0.29, 0.717) is 19.6 Å². The molecular weight excluding hydrogens is 160 g/mol. The molecule has 0 bridgehead atoms. The molecule has 1 fully saturated rings. The van der Waals surface area contributed by atoms with Crippen molar-refractivity contribution in [3.05, 3.63) is 0 Å². The Labute approximate surface area is 71.5 Å². The monoisotopic (exact) mass is 174 g/mol. The van der Waals surface area contributed by atoms with Gasteiger partial charge in [-0.1, -0.05) is 0 Å². The minimum atomic E-state index is -0.516. The fourth-order valence-corrected chi connectivity index (χ4v) is 1.30. The molecule has 70 valence electrons. The number of carbonyl (C=O) groups excluding carboxylic acids is 1. The molecule has 1 rings (SSSR count). The lowest BCUT2D eigenvalue weighted by molar-refractivity contribution is -0.144. The van der Waals surface area contributed by atoms with Crippen molar-refractivity contribution in [3.63, 3.8) is 0 Å². The number of ether oxygens (including phenoxy) is 2.